The Morgan fingerprint density at radius 1 is 0.774 bits per heavy atom. The molecule has 1 N–H and O–H groups in total. The van der Waals surface area contributed by atoms with Crippen molar-refractivity contribution in [2.45, 2.75) is 31.2 Å². The third kappa shape index (κ3) is 3.62. The zero-order valence-electron chi connectivity index (χ0n) is 17.7. The van der Waals surface area contributed by atoms with Crippen molar-refractivity contribution in [1.29, 1.82) is 0 Å². The second-order valence-corrected chi connectivity index (χ2v) is 9.28. The van der Waals surface area contributed by atoms with Crippen LogP contribution in [0.15, 0.2) is 109 Å². The van der Waals surface area contributed by atoms with E-state index < -0.39 is 0 Å². The van der Waals surface area contributed by atoms with E-state index in [0.717, 1.165) is 31.5 Å². The summed E-state index contributed by atoms with van der Waals surface area (Å²) in [5.74, 6) is 0. The molecule has 2 heteroatoms. The summed E-state index contributed by atoms with van der Waals surface area (Å²) in [6.07, 6.45) is 3.21. The summed E-state index contributed by atoms with van der Waals surface area (Å²) in [6.45, 7) is 5.45. The van der Waals surface area contributed by atoms with Crippen LogP contribution in [0.25, 0.3) is 11.1 Å². The standard InChI is InChI=1S/C29H27NS/c1-22(30-21-24-14-10-20-31-24)29(19-9-13-23-11-3-2-4-12-23)27-17-7-5-15-25(27)26-16-6-8-18-28(26)29/h2-8,10-12,14-18,20,30H,1,9,13,19,21H2. The fraction of sp³-hybridized carbons (Fsp3) is 0.172. The fourth-order valence-corrected chi connectivity index (χ4v) is 5.68. The Labute approximate surface area is 189 Å². The smallest absolute Gasteiger partial charge is 0.0604 e. The molecule has 0 unspecified atom stereocenters. The predicted molar refractivity (Wildman–Crippen MR) is 132 cm³/mol. The topological polar surface area (TPSA) is 12.0 Å². The molecular weight excluding hydrogens is 394 g/mol. The molecule has 0 bridgehead atoms. The summed E-state index contributed by atoms with van der Waals surface area (Å²) < 4.78 is 0. The number of rotatable bonds is 8. The van der Waals surface area contributed by atoms with E-state index in [1.165, 1.54) is 32.7 Å². The van der Waals surface area contributed by atoms with E-state index in [1.807, 2.05) is 0 Å². The molecule has 5 rings (SSSR count). The van der Waals surface area contributed by atoms with Crippen LogP contribution in [0, 0.1) is 0 Å². The van der Waals surface area contributed by atoms with Crippen LogP contribution >= 0.6 is 11.3 Å². The lowest BCUT2D eigenvalue weighted by Gasteiger charge is -2.35. The molecule has 1 heterocycles. The highest BCUT2D eigenvalue weighted by atomic mass is 32.1. The van der Waals surface area contributed by atoms with Gasteiger partial charge in [0.15, 0.2) is 0 Å². The number of hydrogen-bond donors (Lipinski definition) is 1. The van der Waals surface area contributed by atoms with Crippen LogP contribution in [0.4, 0.5) is 0 Å². The van der Waals surface area contributed by atoms with Gasteiger partial charge in [0.1, 0.15) is 0 Å². The molecule has 154 valence electrons. The van der Waals surface area contributed by atoms with E-state index in [4.69, 9.17) is 0 Å². The van der Waals surface area contributed by atoms with E-state index in [0.29, 0.717) is 0 Å². The normalized spacial score (nSPS) is 13.4. The summed E-state index contributed by atoms with van der Waals surface area (Å²) in [5.41, 5.74) is 7.74. The lowest BCUT2D eigenvalue weighted by molar-refractivity contribution is 0.498. The Kier molecular flexibility index (Phi) is 5.48. The number of allylic oxidation sites excluding steroid dienone is 1. The van der Waals surface area contributed by atoms with E-state index >= 15 is 0 Å². The zero-order chi connectivity index (χ0) is 21.1. The Balaban J connectivity index is 1.52. The molecule has 1 nitrogen and oxygen atoms in total. The third-order valence-electron chi connectivity index (χ3n) is 6.50. The molecule has 0 aliphatic heterocycles. The van der Waals surface area contributed by atoms with Crippen LogP contribution in [0.1, 0.15) is 34.4 Å². The van der Waals surface area contributed by atoms with Gasteiger partial charge in [-0.25, -0.2) is 0 Å². The lowest BCUT2D eigenvalue weighted by Crippen LogP contribution is -2.35. The maximum Gasteiger partial charge on any atom is 0.0604 e. The molecule has 0 amide bonds. The van der Waals surface area contributed by atoms with Gasteiger partial charge < -0.3 is 5.32 Å². The molecule has 4 aromatic rings. The van der Waals surface area contributed by atoms with Crippen LogP contribution in [0.2, 0.25) is 0 Å². The summed E-state index contributed by atoms with van der Waals surface area (Å²) in [6, 6.07) is 32.9. The van der Waals surface area contributed by atoms with Gasteiger partial charge in [-0.05, 0) is 58.5 Å². The maximum atomic E-state index is 4.63. The average molecular weight is 422 g/mol. The van der Waals surface area contributed by atoms with Gasteiger partial charge in [0.25, 0.3) is 0 Å². The zero-order valence-corrected chi connectivity index (χ0v) is 18.5. The molecule has 31 heavy (non-hydrogen) atoms. The second-order valence-electron chi connectivity index (χ2n) is 8.25. The summed E-state index contributed by atoms with van der Waals surface area (Å²) >= 11 is 1.79. The number of hydrogen-bond acceptors (Lipinski definition) is 2. The van der Waals surface area contributed by atoms with Crippen molar-refractivity contribution in [3.8, 4) is 11.1 Å². The van der Waals surface area contributed by atoms with Gasteiger partial charge in [-0.3, -0.25) is 0 Å². The highest BCUT2D eigenvalue weighted by Gasteiger charge is 2.44. The Morgan fingerprint density at radius 3 is 2.06 bits per heavy atom. The molecule has 0 atom stereocenters. The highest BCUT2D eigenvalue weighted by Crippen LogP contribution is 2.54. The average Bonchev–Trinajstić information content (AvgIpc) is 3.44. The second kappa shape index (κ2) is 8.56. The molecule has 0 spiro atoms. The minimum Gasteiger partial charge on any atom is -0.383 e. The van der Waals surface area contributed by atoms with E-state index in [-0.39, 0.29) is 5.41 Å². The van der Waals surface area contributed by atoms with Crippen molar-refractivity contribution in [2.24, 2.45) is 0 Å². The largest absolute Gasteiger partial charge is 0.383 e. The summed E-state index contributed by atoms with van der Waals surface area (Å²) in [7, 11) is 0. The van der Waals surface area contributed by atoms with Crippen LogP contribution in [0.3, 0.4) is 0 Å². The SMILES string of the molecule is C=C(NCc1cccs1)C1(CCCc2ccccc2)c2ccccc2-c2ccccc21. The monoisotopic (exact) mass is 421 g/mol. The van der Waals surface area contributed by atoms with E-state index in [2.05, 4.69) is 108 Å². The number of nitrogens with one attached hydrogen (secondary N) is 1. The molecule has 0 fully saturated rings. The molecule has 3 aromatic carbocycles. The van der Waals surface area contributed by atoms with Crippen molar-refractivity contribution >= 4 is 11.3 Å². The van der Waals surface area contributed by atoms with Crippen LogP contribution in [-0.2, 0) is 18.4 Å². The quantitative estimate of drug-likeness (QED) is 0.314. The van der Waals surface area contributed by atoms with E-state index in [1.54, 1.807) is 11.3 Å². The predicted octanol–water partition coefficient (Wildman–Crippen LogP) is 7.34. The van der Waals surface area contributed by atoms with Crippen molar-refractivity contribution in [2.75, 3.05) is 0 Å². The Hall–Kier alpha value is -3.10. The van der Waals surface area contributed by atoms with Gasteiger partial charge >= 0.3 is 0 Å². The van der Waals surface area contributed by atoms with Crippen molar-refractivity contribution in [3.05, 3.63) is 130 Å². The van der Waals surface area contributed by atoms with Gasteiger partial charge in [0, 0.05) is 17.1 Å². The number of aryl methyl sites for hydroxylation is 1. The van der Waals surface area contributed by atoms with Crippen LogP contribution in [-0.4, -0.2) is 0 Å². The van der Waals surface area contributed by atoms with Gasteiger partial charge in [0.05, 0.1) is 5.41 Å². The van der Waals surface area contributed by atoms with Crippen LogP contribution in [0.5, 0.6) is 0 Å². The molecule has 0 saturated heterocycles. The molecule has 0 radical (unpaired) electrons. The van der Waals surface area contributed by atoms with Gasteiger partial charge in [0.2, 0.25) is 0 Å². The van der Waals surface area contributed by atoms with Crippen LogP contribution < -0.4 is 5.32 Å². The summed E-state index contributed by atoms with van der Waals surface area (Å²) in [5, 5.41) is 5.85. The lowest BCUT2D eigenvalue weighted by atomic mass is 9.71. The number of fused-ring (bicyclic) bond motifs is 3. The minimum absolute atomic E-state index is 0.209. The molecule has 1 aliphatic carbocycles. The fourth-order valence-electron chi connectivity index (χ4n) is 5.03. The Bertz CT molecular complexity index is 1130. The van der Waals surface area contributed by atoms with Gasteiger partial charge in [-0.2, -0.15) is 0 Å². The first-order valence-corrected chi connectivity index (χ1v) is 11.9. The molecule has 0 saturated carbocycles. The van der Waals surface area contributed by atoms with Crippen molar-refractivity contribution in [3.63, 3.8) is 0 Å². The number of benzene rings is 3. The first-order valence-electron chi connectivity index (χ1n) is 11.0. The van der Waals surface area contributed by atoms with Gasteiger partial charge in [-0.15, -0.1) is 11.3 Å². The molecular formula is C29H27NS. The van der Waals surface area contributed by atoms with Crippen molar-refractivity contribution < 1.29 is 0 Å². The highest BCUT2D eigenvalue weighted by molar-refractivity contribution is 7.09. The maximum absolute atomic E-state index is 4.63. The molecule has 1 aromatic heterocycles. The van der Waals surface area contributed by atoms with Gasteiger partial charge in [-0.1, -0.05) is 91.5 Å². The third-order valence-corrected chi connectivity index (χ3v) is 7.37. The summed E-state index contributed by atoms with van der Waals surface area (Å²) in [4.78, 5) is 1.33. The first kappa shape index (κ1) is 19.8. The minimum atomic E-state index is -0.209. The number of thiophene rings is 1. The molecule has 1 aliphatic rings. The first-order chi connectivity index (χ1) is 15.3. The van der Waals surface area contributed by atoms with E-state index in [9.17, 15) is 0 Å². The van der Waals surface area contributed by atoms with Crippen molar-refractivity contribution in [1.82, 2.24) is 5.32 Å². The Morgan fingerprint density at radius 2 is 1.42 bits per heavy atom.